The highest BCUT2D eigenvalue weighted by Gasteiger charge is 2.19. The van der Waals surface area contributed by atoms with Crippen molar-refractivity contribution >= 4 is 43.7 Å². The van der Waals surface area contributed by atoms with Crippen molar-refractivity contribution in [2.24, 2.45) is 0 Å². The number of para-hydroxylation sites is 1. The molecule has 0 fully saturated rings. The van der Waals surface area contributed by atoms with E-state index in [0.717, 1.165) is 38.6 Å². The summed E-state index contributed by atoms with van der Waals surface area (Å²) >= 11 is 0. The molecule has 3 aromatic heterocycles. The summed E-state index contributed by atoms with van der Waals surface area (Å²) in [6, 6.07) is 30.0. The molecule has 0 saturated carbocycles. The Morgan fingerprint density at radius 2 is 1.12 bits per heavy atom. The van der Waals surface area contributed by atoms with E-state index in [1.165, 1.54) is 0 Å². The molecule has 50 heavy (non-hydrogen) atoms. The summed E-state index contributed by atoms with van der Waals surface area (Å²) < 4.78 is 93.1. The zero-order valence-corrected chi connectivity index (χ0v) is 26.1. The molecule has 0 atom stereocenters. The standard InChI is InChI=1S/C45H28N4O/c1-4-13-29(14-5-1)32-23-25-35-34-19-10-11-21-38(34)49(39(35)27-32)33-24-26-36-41(28-33)50-40-22-12-20-37(42(36)40)45-47-43(30-15-6-2-7-16-30)46-44(48-45)31-17-8-3-9-18-31/h1-28H/i2D,3D,6D,7D,8D,9D,15D,16D,17D,18D. The molecule has 5 nitrogen and oxygen atoms in total. The van der Waals surface area contributed by atoms with Crippen LogP contribution < -0.4 is 0 Å². The maximum absolute atomic E-state index is 8.70. The van der Waals surface area contributed by atoms with Crippen LogP contribution >= 0.6 is 0 Å². The first-order chi connectivity index (χ1) is 28.9. The van der Waals surface area contributed by atoms with Gasteiger partial charge >= 0.3 is 0 Å². The molecule has 0 radical (unpaired) electrons. The summed E-state index contributed by atoms with van der Waals surface area (Å²) in [4.78, 5) is 13.8. The Hall–Kier alpha value is -6.85. The van der Waals surface area contributed by atoms with E-state index in [1.807, 2.05) is 48.5 Å². The van der Waals surface area contributed by atoms with E-state index in [2.05, 4.69) is 62.0 Å². The van der Waals surface area contributed by atoms with E-state index in [9.17, 15) is 0 Å². The molecule has 10 aromatic rings. The number of benzene rings is 7. The van der Waals surface area contributed by atoms with Crippen molar-refractivity contribution in [3.63, 3.8) is 0 Å². The Labute approximate surface area is 301 Å². The first-order valence-corrected chi connectivity index (χ1v) is 15.9. The van der Waals surface area contributed by atoms with Crippen LogP contribution in [0.25, 0.3) is 94.7 Å². The van der Waals surface area contributed by atoms with Crippen LogP contribution in [0.1, 0.15) is 13.7 Å². The SMILES string of the molecule is [2H]c1c([2H])c([2H])c(-c2nc(-c3c([2H])c([2H])c([2H])c([2H])c3[2H])nc(-c3cccc4oc5cc(-n6c7ccccc7c7ccc(-c8ccccc8)cc76)ccc5c34)n2)c([2H])c1[2H]. The molecule has 0 bridgehead atoms. The Bertz CT molecular complexity index is 3310. The van der Waals surface area contributed by atoms with Crippen molar-refractivity contribution in [3.8, 4) is 51.0 Å². The quantitative estimate of drug-likeness (QED) is 0.186. The van der Waals surface area contributed by atoms with Gasteiger partial charge in [-0.2, -0.15) is 0 Å². The van der Waals surface area contributed by atoms with E-state index < -0.39 is 60.4 Å². The zero-order chi connectivity index (χ0) is 41.7. The lowest BCUT2D eigenvalue weighted by Crippen LogP contribution is -2.00. The van der Waals surface area contributed by atoms with Gasteiger partial charge in [0.2, 0.25) is 0 Å². The summed E-state index contributed by atoms with van der Waals surface area (Å²) in [5.41, 5.74) is 5.80. The van der Waals surface area contributed by atoms with Crippen LogP contribution in [0.15, 0.2) is 174 Å². The maximum atomic E-state index is 8.70. The van der Waals surface area contributed by atoms with Crippen LogP contribution in [0.2, 0.25) is 0 Å². The van der Waals surface area contributed by atoms with Crippen molar-refractivity contribution in [1.82, 2.24) is 19.5 Å². The Balaban J connectivity index is 1.21. The second kappa shape index (κ2) is 11.4. The summed E-state index contributed by atoms with van der Waals surface area (Å²) in [6.07, 6.45) is 0. The van der Waals surface area contributed by atoms with Gasteiger partial charge < -0.3 is 8.98 Å². The number of furan rings is 1. The van der Waals surface area contributed by atoms with Gasteiger partial charge in [0.05, 0.1) is 24.7 Å². The van der Waals surface area contributed by atoms with Gasteiger partial charge in [0.25, 0.3) is 0 Å². The van der Waals surface area contributed by atoms with Gasteiger partial charge in [-0.15, -0.1) is 0 Å². The smallest absolute Gasteiger partial charge is 0.164 e. The van der Waals surface area contributed by atoms with Gasteiger partial charge in [-0.05, 0) is 41.5 Å². The summed E-state index contributed by atoms with van der Waals surface area (Å²) in [5.74, 6) is -0.721. The molecule has 0 spiro atoms. The number of aromatic nitrogens is 4. The van der Waals surface area contributed by atoms with E-state index in [1.54, 1.807) is 18.2 Å². The largest absolute Gasteiger partial charge is 0.456 e. The summed E-state index contributed by atoms with van der Waals surface area (Å²) in [6.45, 7) is 0. The second-order valence-corrected chi connectivity index (χ2v) is 11.7. The third kappa shape index (κ3) is 4.60. The fourth-order valence-corrected chi connectivity index (χ4v) is 6.64. The predicted molar refractivity (Wildman–Crippen MR) is 203 cm³/mol. The fraction of sp³-hybridized carbons (Fsp3) is 0. The molecule has 0 aliphatic rings. The third-order valence-corrected chi connectivity index (χ3v) is 8.84. The average molecular weight is 651 g/mol. The van der Waals surface area contributed by atoms with Crippen molar-refractivity contribution < 1.29 is 18.1 Å². The second-order valence-electron chi connectivity index (χ2n) is 11.7. The lowest BCUT2D eigenvalue weighted by atomic mass is 10.0. The van der Waals surface area contributed by atoms with E-state index in [-0.39, 0.29) is 28.6 Å². The fourth-order valence-electron chi connectivity index (χ4n) is 6.64. The number of nitrogens with zero attached hydrogens (tertiary/aromatic N) is 4. The molecule has 0 unspecified atom stereocenters. The molecule has 5 heteroatoms. The molecule has 0 aliphatic carbocycles. The van der Waals surface area contributed by atoms with Gasteiger partial charge in [0.1, 0.15) is 11.2 Å². The highest BCUT2D eigenvalue weighted by Crippen LogP contribution is 2.39. The van der Waals surface area contributed by atoms with Gasteiger partial charge in [-0.3, -0.25) is 0 Å². The Morgan fingerprint density at radius 3 is 1.88 bits per heavy atom. The number of rotatable bonds is 5. The third-order valence-electron chi connectivity index (χ3n) is 8.84. The molecule has 0 aliphatic heterocycles. The van der Waals surface area contributed by atoms with Crippen LogP contribution in [-0.2, 0) is 0 Å². The molecule has 0 saturated heterocycles. The van der Waals surface area contributed by atoms with Crippen molar-refractivity contribution in [2.45, 2.75) is 0 Å². The van der Waals surface area contributed by atoms with E-state index >= 15 is 0 Å². The highest BCUT2D eigenvalue weighted by atomic mass is 16.3. The van der Waals surface area contributed by atoms with Crippen LogP contribution in [0.5, 0.6) is 0 Å². The van der Waals surface area contributed by atoms with Crippen LogP contribution in [0, 0.1) is 0 Å². The molecule has 7 aromatic carbocycles. The van der Waals surface area contributed by atoms with Gasteiger partial charge in [0.15, 0.2) is 17.5 Å². The number of hydrogen-bond acceptors (Lipinski definition) is 4. The minimum atomic E-state index is -0.615. The molecular formula is C45H28N4O. The zero-order valence-electron chi connectivity index (χ0n) is 36.1. The highest BCUT2D eigenvalue weighted by molar-refractivity contribution is 6.13. The van der Waals surface area contributed by atoms with Gasteiger partial charge in [0, 0.05) is 50.0 Å². The minimum Gasteiger partial charge on any atom is -0.456 e. The predicted octanol–water partition coefficient (Wildman–Crippen LogP) is 11.5. The van der Waals surface area contributed by atoms with E-state index in [4.69, 9.17) is 18.1 Å². The minimum absolute atomic E-state index is 0.0400. The lowest BCUT2D eigenvalue weighted by molar-refractivity contribution is 0.668. The monoisotopic (exact) mass is 650 g/mol. The molecular weight excluding hydrogens is 613 g/mol. The van der Waals surface area contributed by atoms with E-state index in [0.29, 0.717) is 27.5 Å². The lowest BCUT2D eigenvalue weighted by Gasteiger charge is -2.10. The summed E-state index contributed by atoms with van der Waals surface area (Å²) in [5, 5.41) is 3.48. The normalized spacial score (nSPS) is 14.4. The van der Waals surface area contributed by atoms with Crippen molar-refractivity contribution in [1.29, 1.82) is 0 Å². The summed E-state index contributed by atoms with van der Waals surface area (Å²) in [7, 11) is 0. The van der Waals surface area contributed by atoms with Crippen LogP contribution in [0.3, 0.4) is 0 Å². The van der Waals surface area contributed by atoms with Gasteiger partial charge in [-0.1, -0.05) is 133 Å². The Morgan fingerprint density at radius 1 is 0.460 bits per heavy atom. The average Bonchev–Trinajstić information content (AvgIpc) is 3.81. The number of fused-ring (bicyclic) bond motifs is 6. The molecule has 234 valence electrons. The van der Waals surface area contributed by atoms with Gasteiger partial charge in [-0.25, -0.2) is 15.0 Å². The first kappa shape index (κ1) is 19.8. The Kier molecular flexibility index (Phi) is 4.52. The molecule has 0 N–H and O–H groups in total. The number of hydrogen-bond donors (Lipinski definition) is 0. The first-order valence-electron chi connectivity index (χ1n) is 20.9. The molecule has 0 amide bonds. The molecule has 10 rings (SSSR count). The van der Waals surface area contributed by atoms with Crippen molar-refractivity contribution in [2.75, 3.05) is 0 Å². The topological polar surface area (TPSA) is 56.7 Å². The van der Waals surface area contributed by atoms with Crippen molar-refractivity contribution in [3.05, 3.63) is 170 Å². The maximum Gasteiger partial charge on any atom is 0.164 e. The molecule has 3 heterocycles. The van der Waals surface area contributed by atoms with Crippen LogP contribution in [0.4, 0.5) is 0 Å². The van der Waals surface area contributed by atoms with Crippen LogP contribution in [-0.4, -0.2) is 19.5 Å².